The molecule has 0 aromatic carbocycles. The van der Waals surface area contributed by atoms with Gasteiger partial charge in [-0.2, -0.15) is 11.8 Å². The maximum absolute atomic E-state index is 4.45. The molecule has 1 unspecified atom stereocenters. The topological polar surface area (TPSA) is 49.8 Å². The first-order valence-corrected chi connectivity index (χ1v) is 6.90. The van der Waals surface area contributed by atoms with Gasteiger partial charge in [0.2, 0.25) is 0 Å². The minimum Gasteiger partial charge on any atom is -0.373 e. The van der Waals surface area contributed by atoms with E-state index in [0.717, 1.165) is 29.6 Å². The molecule has 16 heavy (non-hydrogen) atoms. The fraction of sp³-hybridized carbons (Fsp3) is 0.636. The van der Waals surface area contributed by atoms with Crippen LogP contribution in [0.15, 0.2) is 6.07 Å². The Morgan fingerprint density at radius 1 is 1.38 bits per heavy atom. The van der Waals surface area contributed by atoms with E-state index in [1.807, 2.05) is 24.9 Å². The molecule has 5 heteroatoms. The van der Waals surface area contributed by atoms with E-state index >= 15 is 0 Å². The van der Waals surface area contributed by atoms with Gasteiger partial charge in [0.25, 0.3) is 0 Å². The van der Waals surface area contributed by atoms with Gasteiger partial charge in [-0.1, -0.05) is 6.92 Å². The summed E-state index contributed by atoms with van der Waals surface area (Å²) in [6.07, 6.45) is 2.95. The number of thioether (sulfide) groups is 1. The number of nitrogens with zero attached hydrogens (tertiary/aromatic N) is 2. The second-order valence-electron chi connectivity index (χ2n) is 3.66. The van der Waals surface area contributed by atoms with E-state index in [9.17, 15) is 0 Å². The predicted octanol–water partition coefficient (Wildman–Crippen LogP) is 2.24. The molecule has 0 aliphatic heterocycles. The molecular formula is C11H20N4S. The third-order valence-electron chi connectivity index (χ3n) is 2.16. The van der Waals surface area contributed by atoms with Gasteiger partial charge in [-0.25, -0.2) is 9.97 Å². The molecule has 0 amide bonds. The molecule has 0 aliphatic rings. The fourth-order valence-corrected chi connectivity index (χ4v) is 1.98. The van der Waals surface area contributed by atoms with Crippen molar-refractivity contribution in [2.24, 2.45) is 0 Å². The summed E-state index contributed by atoms with van der Waals surface area (Å²) < 4.78 is 0. The van der Waals surface area contributed by atoms with Gasteiger partial charge < -0.3 is 10.6 Å². The van der Waals surface area contributed by atoms with Crippen LogP contribution in [0.2, 0.25) is 0 Å². The van der Waals surface area contributed by atoms with E-state index < -0.39 is 0 Å². The Labute approximate surface area is 102 Å². The second kappa shape index (κ2) is 6.58. The van der Waals surface area contributed by atoms with Gasteiger partial charge in [0.15, 0.2) is 0 Å². The standard InChI is InChI=1S/C11H20N4S/c1-5-9-14-10(12-3)6-11(15-9)13-8(2)7-16-4/h6,8H,5,7H2,1-4H3,(H2,12,13,14,15). The van der Waals surface area contributed by atoms with Gasteiger partial charge in [0.1, 0.15) is 17.5 Å². The molecule has 2 N–H and O–H groups in total. The zero-order valence-corrected chi connectivity index (χ0v) is 11.2. The Morgan fingerprint density at radius 2 is 2.06 bits per heavy atom. The summed E-state index contributed by atoms with van der Waals surface area (Å²) in [5, 5.41) is 6.43. The summed E-state index contributed by atoms with van der Waals surface area (Å²) >= 11 is 1.83. The van der Waals surface area contributed by atoms with E-state index in [1.54, 1.807) is 0 Å². The van der Waals surface area contributed by atoms with E-state index in [4.69, 9.17) is 0 Å². The molecule has 1 rings (SSSR count). The van der Waals surface area contributed by atoms with Crippen LogP contribution in [-0.4, -0.2) is 35.1 Å². The summed E-state index contributed by atoms with van der Waals surface area (Å²) in [4.78, 5) is 8.81. The third-order valence-corrected chi connectivity index (χ3v) is 2.99. The molecule has 0 aliphatic carbocycles. The van der Waals surface area contributed by atoms with E-state index in [1.165, 1.54) is 0 Å². The monoisotopic (exact) mass is 240 g/mol. The number of hydrogen-bond donors (Lipinski definition) is 2. The smallest absolute Gasteiger partial charge is 0.132 e. The van der Waals surface area contributed by atoms with Crippen LogP contribution in [0, 0.1) is 0 Å². The van der Waals surface area contributed by atoms with Crippen LogP contribution in [0.3, 0.4) is 0 Å². The van der Waals surface area contributed by atoms with Crippen LogP contribution >= 0.6 is 11.8 Å². The van der Waals surface area contributed by atoms with Crippen molar-refractivity contribution in [3.05, 3.63) is 11.9 Å². The molecule has 1 atom stereocenters. The molecule has 0 bridgehead atoms. The van der Waals surface area contributed by atoms with Crippen molar-refractivity contribution in [2.75, 3.05) is 29.7 Å². The minimum atomic E-state index is 0.416. The lowest BCUT2D eigenvalue weighted by molar-refractivity contribution is 0.879. The Hall–Kier alpha value is -0.970. The van der Waals surface area contributed by atoms with Gasteiger partial charge in [-0.3, -0.25) is 0 Å². The van der Waals surface area contributed by atoms with Crippen LogP contribution in [-0.2, 0) is 6.42 Å². The van der Waals surface area contributed by atoms with E-state index in [0.29, 0.717) is 6.04 Å². The van der Waals surface area contributed by atoms with Gasteiger partial charge in [0.05, 0.1) is 0 Å². The molecular weight excluding hydrogens is 220 g/mol. The summed E-state index contributed by atoms with van der Waals surface area (Å²) in [6, 6.07) is 2.36. The van der Waals surface area contributed by atoms with Crippen molar-refractivity contribution < 1.29 is 0 Å². The van der Waals surface area contributed by atoms with Crippen LogP contribution in [0.1, 0.15) is 19.7 Å². The second-order valence-corrected chi connectivity index (χ2v) is 4.57. The highest BCUT2D eigenvalue weighted by Crippen LogP contribution is 2.13. The van der Waals surface area contributed by atoms with Crippen LogP contribution < -0.4 is 10.6 Å². The molecule has 0 radical (unpaired) electrons. The first kappa shape index (κ1) is 13.1. The summed E-state index contributed by atoms with van der Waals surface area (Å²) in [7, 11) is 1.87. The molecule has 0 fully saturated rings. The number of aryl methyl sites for hydroxylation is 1. The van der Waals surface area contributed by atoms with Crippen LogP contribution in [0.25, 0.3) is 0 Å². The Balaban J connectivity index is 2.78. The molecule has 1 heterocycles. The summed E-state index contributed by atoms with van der Waals surface area (Å²) in [5.74, 6) is 3.70. The number of hydrogen-bond acceptors (Lipinski definition) is 5. The lowest BCUT2D eigenvalue weighted by atomic mass is 10.3. The first-order chi connectivity index (χ1) is 7.69. The van der Waals surface area contributed by atoms with Gasteiger partial charge >= 0.3 is 0 Å². The van der Waals surface area contributed by atoms with Crippen molar-refractivity contribution in [1.82, 2.24) is 9.97 Å². The maximum Gasteiger partial charge on any atom is 0.132 e. The number of aromatic nitrogens is 2. The average molecular weight is 240 g/mol. The molecule has 1 aromatic heterocycles. The first-order valence-electron chi connectivity index (χ1n) is 5.50. The largest absolute Gasteiger partial charge is 0.373 e. The summed E-state index contributed by atoms with van der Waals surface area (Å²) in [5.41, 5.74) is 0. The third kappa shape index (κ3) is 3.89. The molecule has 1 aromatic rings. The Kier molecular flexibility index (Phi) is 5.38. The van der Waals surface area contributed by atoms with Crippen molar-refractivity contribution in [1.29, 1.82) is 0 Å². The van der Waals surface area contributed by atoms with E-state index in [-0.39, 0.29) is 0 Å². The molecule has 0 saturated carbocycles. The van der Waals surface area contributed by atoms with Gasteiger partial charge in [-0.15, -0.1) is 0 Å². The van der Waals surface area contributed by atoms with Crippen LogP contribution in [0.4, 0.5) is 11.6 Å². The Morgan fingerprint density at radius 3 is 2.62 bits per heavy atom. The van der Waals surface area contributed by atoms with Crippen molar-refractivity contribution in [3.8, 4) is 0 Å². The molecule has 0 saturated heterocycles. The molecule has 4 nitrogen and oxygen atoms in total. The highest BCUT2D eigenvalue weighted by molar-refractivity contribution is 7.98. The lowest BCUT2D eigenvalue weighted by Crippen LogP contribution is -2.19. The average Bonchev–Trinajstić information content (AvgIpc) is 2.28. The van der Waals surface area contributed by atoms with E-state index in [2.05, 4.69) is 40.7 Å². The predicted molar refractivity (Wildman–Crippen MR) is 72.4 cm³/mol. The molecule has 90 valence electrons. The quantitative estimate of drug-likeness (QED) is 0.798. The zero-order valence-electron chi connectivity index (χ0n) is 10.4. The maximum atomic E-state index is 4.45. The van der Waals surface area contributed by atoms with Crippen molar-refractivity contribution in [3.63, 3.8) is 0 Å². The van der Waals surface area contributed by atoms with Crippen molar-refractivity contribution >= 4 is 23.4 Å². The van der Waals surface area contributed by atoms with Crippen molar-refractivity contribution in [2.45, 2.75) is 26.3 Å². The minimum absolute atomic E-state index is 0.416. The highest BCUT2D eigenvalue weighted by atomic mass is 32.2. The highest BCUT2D eigenvalue weighted by Gasteiger charge is 2.05. The number of rotatable bonds is 6. The normalized spacial score (nSPS) is 12.2. The van der Waals surface area contributed by atoms with Gasteiger partial charge in [0, 0.05) is 31.3 Å². The summed E-state index contributed by atoms with van der Waals surface area (Å²) in [6.45, 7) is 4.22. The van der Waals surface area contributed by atoms with Crippen LogP contribution in [0.5, 0.6) is 0 Å². The zero-order chi connectivity index (χ0) is 12.0. The fourth-order valence-electron chi connectivity index (χ4n) is 1.40. The van der Waals surface area contributed by atoms with Gasteiger partial charge in [-0.05, 0) is 13.2 Å². The SMILES string of the molecule is CCc1nc(NC)cc(NC(C)CSC)n1. The lowest BCUT2D eigenvalue weighted by Gasteiger charge is -2.14. The number of anilines is 2. The number of nitrogens with one attached hydrogen (secondary N) is 2. The molecule has 0 spiro atoms. The Bertz CT molecular complexity index is 308.